The zero-order valence-electron chi connectivity index (χ0n) is 12.2. The summed E-state index contributed by atoms with van der Waals surface area (Å²) in [5.41, 5.74) is 6.53. The van der Waals surface area contributed by atoms with Gasteiger partial charge in [-0.05, 0) is 6.07 Å². The van der Waals surface area contributed by atoms with Crippen molar-refractivity contribution in [3.8, 4) is 11.5 Å². The fourth-order valence-corrected chi connectivity index (χ4v) is 1.81. The summed E-state index contributed by atoms with van der Waals surface area (Å²) in [4.78, 5) is 8.13. The Bertz CT molecular complexity index is 592. The van der Waals surface area contributed by atoms with Crippen molar-refractivity contribution in [1.82, 2.24) is 9.97 Å². The Kier molecular flexibility index (Phi) is 5.53. The standard InChI is InChI=1S/C14H19N3O4/c1-18-3-4-20-5-6-21-13-8-11-10(7-12(13)19-2)14(15)17-9-16-11/h7-9H,3-6H2,1-2H3,(H2,15,16,17). The molecule has 7 nitrogen and oxygen atoms in total. The number of hydrogen-bond donors (Lipinski definition) is 1. The van der Waals surface area contributed by atoms with E-state index in [1.807, 2.05) is 0 Å². The maximum atomic E-state index is 5.82. The number of hydrogen-bond acceptors (Lipinski definition) is 7. The third kappa shape index (κ3) is 3.93. The van der Waals surface area contributed by atoms with E-state index in [0.29, 0.717) is 49.3 Å². The third-order valence-corrected chi connectivity index (χ3v) is 2.87. The van der Waals surface area contributed by atoms with Crippen LogP contribution < -0.4 is 15.2 Å². The van der Waals surface area contributed by atoms with Crippen LogP contribution in [0.4, 0.5) is 5.82 Å². The van der Waals surface area contributed by atoms with E-state index in [-0.39, 0.29) is 0 Å². The van der Waals surface area contributed by atoms with E-state index in [2.05, 4.69) is 9.97 Å². The van der Waals surface area contributed by atoms with Crippen molar-refractivity contribution >= 4 is 16.7 Å². The summed E-state index contributed by atoms with van der Waals surface area (Å²) < 4.78 is 21.2. The van der Waals surface area contributed by atoms with Gasteiger partial charge in [0.05, 0.1) is 32.4 Å². The number of fused-ring (bicyclic) bond motifs is 1. The maximum Gasteiger partial charge on any atom is 0.163 e. The highest BCUT2D eigenvalue weighted by atomic mass is 16.5. The highest BCUT2D eigenvalue weighted by Gasteiger charge is 2.10. The molecule has 0 fully saturated rings. The van der Waals surface area contributed by atoms with Crippen molar-refractivity contribution in [2.45, 2.75) is 0 Å². The zero-order valence-corrected chi connectivity index (χ0v) is 12.2. The fraction of sp³-hybridized carbons (Fsp3) is 0.429. The second-order valence-electron chi connectivity index (χ2n) is 4.23. The zero-order chi connectivity index (χ0) is 15.1. The van der Waals surface area contributed by atoms with Crippen molar-refractivity contribution in [3.63, 3.8) is 0 Å². The second-order valence-corrected chi connectivity index (χ2v) is 4.23. The molecule has 0 amide bonds. The number of benzene rings is 1. The summed E-state index contributed by atoms with van der Waals surface area (Å²) in [5.74, 6) is 1.59. The first-order valence-corrected chi connectivity index (χ1v) is 6.54. The van der Waals surface area contributed by atoms with Gasteiger partial charge in [-0.1, -0.05) is 0 Å². The van der Waals surface area contributed by atoms with Gasteiger partial charge in [-0.25, -0.2) is 9.97 Å². The molecule has 7 heteroatoms. The van der Waals surface area contributed by atoms with Gasteiger partial charge in [-0.15, -0.1) is 0 Å². The van der Waals surface area contributed by atoms with Gasteiger partial charge in [-0.3, -0.25) is 0 Å². The molecule has 1 aromatic carbocycles. The number of anilines is 1. The molecule has 0 atom stereocenters. The van der Waals surface area contributed by atoms with E-state index in [9.17, 15) is 0 Å². The van der Waals surface area contributed by atoms with Gasteiger partial charge < -0.3 is 24.7 Å². The molecule has 2 aromatic rings. The predicted molar refractivity (Wildman–Crippen MR) is 78.7 cm³/mol. The first-order valence-electron chi connectivity index (χ1n) is 6.54. The van der Waals surface area contributed by atoms with Crippen LogP contribution in [0.1, 0.15) is 0 Å². The summed E-state index contributed by atoms with van der Waals surface area (Å²) in [6, 6.07) is 3.55. The Labute approximate surface area is 123 Å². The Balaban J connectivity index is 2.05. The minimum Gasteiger partial charge on any atom is -0.493 e. The lowest BCUT2D eigenvalue weighted by molar-refractivity contribution is 0.0540. The number of aromatic nitrogens is 2. The predicted octanol–water partition coefficient (Wildman–Crippen LogP) is 1.26. The van der Waals surface area contributed by atoms with E-state index in [0.717, 1.165) is 5.39 Å². The van der Waals surface area contributed by atoms with Crippen molar-refractivity contribution in [3.05, 3.63) is 18.5 Å². The summed E-state index contributed by atoms with van der Waals surface area (Å²) in [5, 5.41) is 0.734. The van der Waals surface area contributed by atoms with Crippen LogP contribution in [0, 0.1) is 0 Å². The largest absolute Gasteiger partial charge is 0.493 e. The van der Waals surface area contributed by atoms with Gasteiger partial charge >= 0.3 is 0 Å². The second kappa shape index (κ2) is 7.61. The molecule has 0 spiro atoms. The molecule has 2 rings (SSSR count). The highest BCUT2D eigenvalue weighted by molar-refractivity contribution is 5.90. The van der Waals surface area contributed by atoms with Crippen LogP contribution >= 0.6 is 0 Å². The topological polar surface area (TPSA) is 88.7 Å². The molecule has 1 heterocycles. The quantitative estimate of drug-likeness (QED) is 0.733. The number of nitrogens with two attached hydrogens (primary N) is 1. The van der Waals surface area contributed by atoms with E-state index in [1.54, 1.807) is 26.4 Å². The smallest absolute Gasteiger partial charge is 0.163 e. The van der Waals surface area contributed by atoms with E-state index >= 15 is 0 Å². The van der Waals surface area contributed by atoms with Crippen LogP contribution in [0.2, 0.25) is 0 Å². The molecule has 114 valence electrons. The van der Waals surface area contributed by atoms with Gasteiger partial charge in [0.15, 0.2) is 11.5 Å². The molecule has 0 saturated heterocycles. The van der Waals surface area contributed by atoms with E-state index in [4.69, 9.17) is 24.7 Å². The number of ether oxygens (including phenoxy) is 4. The van der Waals surface area contributed by atoms with Gasteiger partial charge in [0.2, 0.25) is 0 Å². The Morgan fingerprint density at radius 1 is 1.00 bits per heavy atom. The van der Waals surface area contributed by atoms with Crippen molar-refractivity contribution in [2.75, 3.05) is 46.4 Å². The van der Waals surface area contributed by atoms with Gasteiger partial charge in [0.25, 0.3) is 0 Å². The van der Waals surface area contributed by atoms with Gasteiger partial charge in [-0.2, -0.15) is 0 Å². The van der Waals surface area contributed by atoms with Crippen LogP contribution in [0.25, 0.3) is 10.9 Å². The first kappa shape index (κ1) is 15.3. The fourth-order valence-electron chi connectivity index (χ4n) is 1.81. The molecular formula is C14H19N3O4. The van der Waals surface area contributed by atoms with Crippen molar-refractivity contribution < 1.29 is 18.9 Å². The number of nitrogens with zero attached hydrogens (tertiary/aromatic N) is 2. The molecule has 1 aromatic heterocycles. The SMILES string of the molecule is COCCOCCOc1cc2ncnc(N)c2cc1OC. The molecule has 2 N–H and O–H groups in total. The van der Waals surface area contributed by atoms with Crippen molar-refractivity contribution in [2.24, 2.45) is 0 Å². The average molecular weight is 293 g/mol. The lowest BCUT2D eigenvalue weighted by atomic mass is 10.2. The molecule has 0 bridgehead atoms. The van der Waals surface area contributed by atoms with Gasteiger partial charge in [0, 0.05) is 18.6 Å². The minimum atomic E-state index is 0.409. The monoisotopic (exact) mass is 293 g/mol. The molecule has 0 aliphatic carbocycles. The van der Waals surface area contributed by atoms with Crippen LogP contribution in [0.15, 0.2) is 18.5 Å². The van der Waals surface area contributed by atoms with Crippen LogP contribution in [0.3, 0.4) is 0 Å². The average Bonchev–Trinajstić information content (AvgIpc) is 2.50. The Hall–Kier alpha value is -2.12. The Morgan fingerprint density at radius 2 is 1.81 bits per heavy atom. The normalized spacial score (nSPS) is 10.8. The maximum absolute atomic E-state index is 5.82. The number of methoxy groups -OCH3 is 2. The van der Waals surface area contributed by atoms with E-state index in [1.165, 1.54) is 6.33 Å². The molecular weight excluding hydrogens is 274 g/mol. The van der Waals surface area contributed by atoms with E-state index < -0.39 is 0 Å². The third-order valence-electron chi connectivity index (χ3n) is 2.87. The summed E-state index contributed by atoms with van der Waals surface area (Å²) in [7, 11) is 3.20. The summed E-state index contributed by atoms with van der Waals surface area (Å²) >= 11 is 0. The van der Waals surface area contributed by atoms with Crippen molar-refractivity contribution in [1.29, 1.82) is 0 Å². The molecule has 0 aliphatic rings. The molecule has 0 unspecified atom stereocenters. The Morgan fingerprint density at radius 3 is 2.57 bits per heavy atom. The van der Waals surface area contributed by atoms with Gasteiger partial charge in [0.1, 0.15) is 18.8 Å². The minimum absolute atomic E-state index is 0.409. The first-order chi connectivity index (χ1) is 10.3. The van der Waals surface area contributed by atoms with Crippen LogP contribution in [0.5, 0.6) is 11.5 Å². The number of rotatable bonds is 8. The molecule has 0 saturated carbocycles. The lowest BCUT2D eigenvalue weighted by Gasteiger charge is -2.12. The van der Waals surface area contributed by atoms with Crippen LogP contribution in [-0.2, 0) is 9.47 Å². The molecule has 21 heavy (non-hydrogen) atoms. The molecule has 0 aliphatic heterocycles. The summed E-state index contributed by atoms with van der Waals surface area (Å²) in [6.45, 7) is 1.98. The lowest BCUT2D eigenvalue weighted by Crippen LogP contribution is -2.10. The van der Waals surface area contributed by atoms with Crippen LogP contribution in [-0.4, -0.2) is 50.6 Å². The summed E-state index contributed by atoms with van der Waals surface area (Å²) in [6.07, 6.45) is 1.42. The molecule has 0 radical (unpaired) electrons. The number of nitrogen functional groups attached to an aromatic ring is 1. The highest BCUT2D eigenvalue weighted by Crippen LogP contribution is 2.32.